The van der Waals surface area contributed by atoms with Gasteiger partial charge in [-0.05, 0) is 44.2 Å². The van der Waals surface area contributed by atoms with Gasteiger partial charge < -0.3 is 18.9 Å². The van der Waals surface area contributed by atoms with Crippen LogP contribution in [0.3, 0.4) is 0 Å². The molecule has 0 unspecified atom stereocenters. The van der Waals surface area contributed by atoms with Crippen molar-refractivity contribution in [2.45, 2.75) is 18.7 Å². The number of hydrogen-bond donors (Lipinski definition) is 2. The number of nitrogens with one attached hydrogen (secondary N) is 2. The fraction of sp³-hybridized carbons (Fsp3) is 0.316. The first-order valence-electron chi connectivity index (χ1n) is 8.80. The Balaban J connectivity index is 2.38. The summed E-state index contributed by atoms with van der Waals surface area (Å²) in [5.74, 6) is 1.14. The summed E-state index contributed by atoms with van der Waals surface area (Å²) < 4.78 is 48.9. The molecule has 2 aromatic rings. The second kappa shape index (κ2) is 9.87. The van der Waals surface area contributed by atoms with Crippen LogP contribution < -0.4 is 24.2 Å². The van der Waals surface area contributed by atoms with E-state index < -0.39 is 16.1 Å². The van der Waals surface area contributed by atoms with Crippen molar-refractivity contribution in [3.63, 3.8) is 0 Å². The number of benzene rings is 2. The van der Waals surface area contributed by atoms with E-state index in [0.717, 1.165) is 0 Å². The van der Waals surface area contributed by atoms with E-state index in [2.05, 4.69) is 10.0 Å². The second-order valence-electron chi connectivity index (χ2n) is 5.61. The highest BCUT2D eigenvalue weighted by molar-refractivity contribution is 7.92. The van der Waals surface area contributed by atoms with Crippen LogP contribution >= 0.6 is 0 Å². The van der Waals surface area contributed by atoms with E-state index in [-0.39, 0.29) is 22.9 Å². The lowest BCUT2D eigenvalue weighted by Crippen LogP contribution is -2.17. The van der Waals surface area contributed by atoms with Gasteiger partial charge in [-0.15, -0.1) is 0 Å². The van der Waals surface area contributed by atoms with Crippen LogP contribution in [0.5, 0.6) is 17.2 Å². The largest absolute Gasteiger partial charge is 0.497 e. The summed E-state index contributed by atoms with van der Waals surface area (Å²) in [7, 11) is -1.07. The number of amides is 1. The van der Waals surface area contributed by atoms with Crippen molar-refractivity contribution in [2.24, 2.45) is 0 Å². The molecule has 0 heterocycles. The SMILES string of the molecule is CCOC(=O)Nc1cc(S(=O)(=O)Nc2ccc(OC)cc2OC)ccc1OCC. The van der Waals surface area contributed by atoms with Crippen LogP contribution in [0.4, 0.5) is 16.2 Å². The maximum absolute atomic E-state index is 12.9. The maximum Gasteiger partial charge on any atom is 0.411 e. The smallest absolute Gasteiger partial charge is 0.411 e. The molecule has 0 radical (unpaired) electrons. The van der Waals surface area contributed by atoms with Crippen LogP contribution in [-0.2, 0) is 14.8 Å². The van der Waals surface area contributed by atoms with Gasteiger partial charge in [0.05, 0.1) is 43.7 Å². The Morgan fingerprint density at radius 1 is 0.931 bits per heavy atom. The van der Waals surface area contributed by atoms with E-state index in [4.69, 9.17) is 18.9 Å². The Hall–Kier alpha value is -3.14. The summed E-state index contributed by atoms with van der Waals surface area (Å²) in [5, 5.41) is 2.49. The standard InChI is InChI=1S/C19H24N2O7S/c1-5-27-17-10-8-14(12-16(17)20-19(22)28-6-2)29(23,24)21-15-9-7-13(25-3)11-18(15)26-4/h7-12,21H,5-6H2,1-4H3,(H,20,22). The molecule has 0 aliphatic carbocycles. The van der Waals surface area contributed by atoms with Crippen LogP contribution in [-0.4, -0.2) is 41.9 Å². The Morgan fingerprint density at radius 2 is 1.69 bits per heavy atom. The quantitative estimate of drug-likeness (QED) is 0.634. The van der Waals surface area contributed by atoms with Gasteiger partial charge in [0, 0.05) is 6.07 Å². The number of hydrogen-bond acceptors (Lipinski definition) is 7. The zero-order valence-corrected chi connectivity index (χ0v) is 17.5. The first kappa shape index (κ1) is 22.2. The van der Waals surface area contributed by atoms with Gasteiger partial charge in [-0.2, -0.15) is 0 Å². The van der Waals surface area contributed by atoms with E-state index in [1.807, 2.05) is 0 Å². The van der Waals surface area contributed by atoms with Gasteiger partial charge in [-0.25, -0.2) is 13.2 Å². The zero-order valence-electron chi connectivity index (χ0n) is 16.6. The van der Waals surface area contributed by atoms with Gasteiger partial charge in [-0.3, -0.25) is 10.0 Å². The van der Waals surface area contributed by atoms with Crippen LogP contribution in [0.15, 0.2) is 41.3 Å². The zero-order chi connectivity index (χ0) is 21.4. The number of sulfonamides is 1. The molecular formula is C19H24N2O7S. The van der Waals surface area contributed by atoms with Gasteiger partial charge in [-0.1, -0.05) is 0 Å². The third kappa shape index (κ3) is 5.67. The summed E-state index contributed by atoms with van der Waals surface area (Å²) in [6.45, 7) is 3.95. The molecule has 29 heavy (non-hydrogen) atoms. The molecule has 0 bridgehead atoms. The number of rotatable bonds is 9. The fourth-order valence-corrected chi connectivity index (χ4v) is 3.52. The normalized spacial score (nSPS) is 10.8. The van der Waals surface area contributed by atoms with Crippen LogP contribution in [0.25, 0.3) is 0 Å². The highest BCUT2D eigenvalue weighted by Gasteiger charge is 2.20. The van der Waals surface area contributed by atoms with E-state index >= 15 is 0 Å². The van der Waals surface area contributed by atoms with Crippen molar-refractivity contribution in [1.82, 2.24) is 0 Å². The maximum atomic E-state index is 12.9. The van der Waals surface area contributed by atoms with E-state index in [0.29, 0.717) is 23.9 Å². The number of anilines is 2. The average Bonchev–Trinajstić information content (AvgIpc) is 2.69. The van der Waals surface area contributed by atoms with Crippen LogP contribution in [0, 0.1) is 0 Å². The molecule has 10 heteroatoms. The van der Waals surface area contributed by atoms with Crippen molar-refractivity contribution in [3.05, 3.63) is 36.4 Å². The minimum Gasteiger partial charge on any atom is -0.497 e. The van der Waals surface area contributed by atoms with Crippen LogP contribution in [0.2, 0.25) is 0 Å². The molecule has 1 amide bonds. The number of ether oxygens (including phenoxy) is 4. The molecule has 0 saturated heterocycles. The van der Waals surface area contributed by atoms with Gasteiger partial charge in [0.25, 0.3) is 10.0 Å². The summed E-state index contributed by atoms with van der Waals surface area (Å²) in [6, 6.07) is 8.82. The fourth-order valence-electron chi connectivity index (χ4n) is 2.42. The highest BCUT2D eigenvalue weighted by atomic mass is 32.2. The van der Waals surface area contributed by atoms with E-state index in [9.17, 15) is 13.2 Å². The molecule has 0 aliphatic rings. The summed E-state index contributed by atoms with van der Waals surface area (Å²) in [5.41, 5.74) is 0.414. The Labute approximate surface area is 170 Å². The van der Waals surface area contributed by atoms with Gasteiger partial charge in [0.2, 0.25) is 0 Å². The summed E-state index contributed by atoms with van der Waals surface area (Å²) in [4.78, 5) is 11.7. The molecule has 0 aliphatic heterocycles. The minimum absolute atomic E-state index is 0.0781. The predicted octanol–water partition coefficient (Wildman–Crippen LogP) is 3.47. The van der Waals surface area contributed by atoms with Crippen molar-refractivity contribution in [1.29, 1.82) is 0 Å². The van der Waals surface area contributed by atoms with Gasteiger partial charge in [0.1, 0.15) is 17.2 Å². The first-order chi connectivity index (χ1) is 13.8. The van der Waals surface area contributed by atoms with Crippen molar-refractivity contribution >= 4 is 27.5 Å². The van der Waals surface area contributed by atoms with Crippen molar-refractivity contribution in [2.75, 3.05) is 37.5 Å². The number of carbonyl (C=O) groups is 1. The lowest BCUT2D eigenvalue weighted by atomic mass is 10.3. The Bertz CT molecular complexity index is 961. The van der Waals surface area contributed by atoms with Gasteiger partial charge >= 0.3 is 6.09 Å². The molecule has 2 N–H and O–H groups in total. The molecule has 9 nitrogen and oxygen atoms in total. The molecule has 2 aromatic carbocycles. The molecular weight excluding hydrogens is 400 g/mol. The number of carbonyl (C=O) groups excluding carboxylic acids is 1. The lowest BCUT2D eigenvalue weighted by molar-refractivity contribution is 0.167. The lowest BCUT2D eigenvalue weighted by Gasteiger charge is -2.15. The molecule has 0 saturated carbocycles. The Kier molecular flexibility index (Phi) is 7.54. The topological polar surface area (TPSA) is 112 Å². The molecule has 0 fully saturated rings. The molecule has 2 rings (SSSR count). The van der Waals surface area contributed by atoms with Crippen molar-refractivity contribution < 1.29 is 32.2 Å². The third-order valence-corrected chi connectivity index (χ3v) is 5.09. The molecule has 0 aromatic heterocycles. The Morgan fingerprint density at radius 3 is 2.31 bits per heavy atom. The molecule has 0 spiro atoms. The monoisotopic (exact) mass is 424 g/mol. The summed E-state index contributed by atoms with van der Waals surface area (Å²) >= 11 is 0. The average molecular weight is 424 g/mol. The van der Waals surface area contributed by atoms with E-state index in [1.165, 1.54) is 38.5 Å². The van der Waals surface area contributed by atoms with Crippen molar-refractivity contribution in [3.8, 4) is 17.2 Å². The third-order valence-electron chi connectivity index (χ3n) is 3.73. The number of methoxy groups -OCH3 is 2. The molecule has 158 valence electrons. The molecule has 0 atom stereocenters. The van der Waals surface area contributed by atoms with E-state index in [1.54, 1.807) is 26.0 Å². The van der Waals surface area contributed by atoms with Gasteiger partial charge in [0.15, 0.2) is 0 Å². The summed E-state index contributed by atoms with van der Waals surface area (Å²) in [6.07, 6.45) is -0.715. The predicted molar refractivity (Wildman–Crippen MR) is 109 cm³/mol. The minimum atomic E-state index is -3.99. The van der Waals surface area contributed by atoms with Crippen LogP contribution in [0.1, 0.15) is 13.8 Å². The highest BCUT2D eigenvalue weighted by Crippen LogP contribution is 2.33. The second-order valence-corrected chi connectivity index (χ2v) is 7.29. The first-order valence-corrected chi connectivity index (χ1v) is 10.3.